The molecule has 0 fully saturated rings. The van der Waals surface area contributed by atoms with Gasteiger partial charge in [-0.05, 0) is 47.9 Å². The molecule has 5 N–H and O–H groups in total. The van der Waals surface area contributed by atoms with Crippen LogP contribution >= 0.6 is 0 Å². The van der Waals surface area contributed by atoms with Crippen LogP contribution in [0.4, 0.5) is 8.78 Å². The van der Waals surface area contributed by atoms with Crippen LogP contribution < -0.4 is 16.0 Å². The van der Waals surface area contributed by atoms with E-state index in [9.17, 15) is 9.59 Å². The second kappa shape index (κ2) is 18.0. The van der Waals surface area contributed by atoms with Crippen LogP contribution in [0.15, 0.2) is 82.3 Å². The molecule has 70 heavy (non-hydrogen) atoms. The van der Waals surface area contributed by atoms with Crippen LogP contribution in [0.25, 0.3) is 61.5 Å². The Kier molecular flexibility index (Phi) is 11.7. The third kappa shape index (κ3) is 9.17. The molecular formula is C49H47F2N15O4. The fourth-order valence-electron chi connectivity index (χ4n) is 7.89. The summed E-state index contributed by atoms with van der Waals surface area (Å²) in [4.78, 5) is 55.6. The fraction of sp³-hybridized carbons (Fsp3) is 0.286. The van der Waals surface area contributed by atoms with E-state index in [4.69, 9.17) is 23.9 Å². The molecule has 356 valence electrons. The number of imidazole rings is 2. The molecule has 0 aliphatic carbocycles. The lowest BCUT2D eigenvalue weighted by Gasteiger charge is -2.13. The minimum Gasteiger partial charge on any atom is -0.416 e. The molecular weight excluding hydrogens is 901 g/mol. The summed E-state index contributed by atoms with van der Waals surface area (Å²) < 4.78 is 44.0. The summed E-state index contributed by atoms with van der Waals surface area (Å²) in [5, 5.41) is 25.0. The lowest BCUT2D eigenvalue weighted by Crippen LogP contribution is -2.24. The summed E-state index contributed by atoms with van der Waals surface area (Å²) >= 11 is 0. The lowest BCUT2D eigenvalue weighted by atomic mass is 9.96. The zero-order valence-electron chi connectivity index (χ0n) is 39.0. The van der Waals surface area contributed by atoms with Crippen LogP contribution in [0, 0.1) is 11.6 Å². The molecule has 0 saturated heterocycles. The zero-order chi connectivity index (χ0) is 48.9. The van der Waals surface area contributed by atoms with Gasteiger partial charge in [0, 0.05) is 76.9 Å². The Morgan fingerprint density at radius 2 is 1.46 bits per heavy atom. The van der Waals surface area contributed by atoms with Gasteiger partial charge >= 0.3 is 23.6 Å². The van der Waals surface area contributed by atoms with Gasteiger partial charge in [0.15, 0.2) is 17.1 Å². The van der Waals surface area contributed by atoms with E-state index >= 15 is 8.78 Å². The van der Waals surface area contributed by atoms with Gasteiger partial charge in [0.05, 0.1) is 18.3 Å². The van der Waals surface area contributed by atoms with Gasteiger partial charge in [0.2, 0.25) is 5.89 Å². The SMILES string of the molecule is CC(C)(C)c1noc(C(=O)NCc2ccc(-c3c(Cn4cc(-c5nc6c(-c7ccc(CNC(=O)c8nnc(C(C)(C)C)o8)c(F)c7)ccnc6[nH]5)cn4)cnc4[nH]c(C5=CCNCC5)nc34)cc2F)n1. The quantitative estimate of drug-likeness (QED) is 0.0804. The molecule has 10 rings (SSSR count). The third-order valence-electron chi connectivity index (χ3n) is 11.7. The fourth-order valence-corrected chi connectivity index (χ4v) is 7.89. The highest BCUT2D eigenvalue weighted by Gasteiger charge is 2.26. The maximum atomic E-state index is 16.1. The maximum absolute atomic E-state index is 16.1. The number of fused-ring (bicyclic) bond motifs is 2. The number of nitrogens with one attached hydrogen (secondary N) is 5. The number of carbonyl (C=O) groups is 2. The first-order valence-corrected chi connectivity index (χ1v) is 22.5. The van der Waals surface area contributed by atoms with Gasteiger partial charge in [-0.2, -0.15) is 10.1 Å². The predicted molar refractivity (Wildman–Crippen MR) is 253 cm³/mol. The van der Waals surface area contributed by atoms with Crippen molar-refractivity contribution in [3.05, 3.63) is 131 Å². The van der Waals surface area contributed by atoms with E-state index in [1.807, 2.05) is 47.7 Å². The van der Waals surface area contributed by atoms with Gasteiger partial charge in [0.25, 0.3) is 0 Å². The normalized spacial score (nSPS) is 13.3. The maximum Gasteiger partial charge on any atom is 0.315 e. The van der Waals surface area contributed by atoms with Crippen molar-refractivity contribution in [1.29, 1.82) is 0 Å². The second-order valence-corrected chi connectivity index (χ2v) is 19.0. The Morgan fingerprint density at radius 1 is 0.757 bits per heavy atom. The Hall–Kier alpha value is -8.33. The van der Waals surface area contributed by atoms with Crippen LogP contribution in [-0.4, -0.2) is 84.9 Å². The van der Waals surface area contributed by atoms with Crippen LogP contribution in [0.1, 0.15) is 104 Å². The first-order valence-electron chi connectivity index (χ1n) is 22.5. The average molecular weight is 948 g/mol. The van der Waals surface area contributed by atoms with Crippen molar-refractivity contribution in [2.24, 2.45) is 0 Å². The minimum absolute atomic E-state index is 0.0992. The van der Waals surface area contributed by atoms with Crippen molar-refractivity contribution in [3.63, 3.8) is 0 Å². The molecule has 21 heteroatoms. The molecule has 0 radical (unpaired) electrons. The first-order chi connectivity index (χ1) is 33.6. The van der Waals surface area contributed by atoms with E-state index in [0.717, 1.165) is 18.5 Å². The number of nitrogens with zero attached hydrogens (tertiary/aromatic N) is 10. The van der Waals surface area contributed by atoms with Gasteiger partial charge < -0.3 is 34.9 Å². The van der Waals surface area contributed by atoms with E-state index in [2.05, 4.69) is 62.4 Å². The van der Waals surface area contributed by atoms with Crippen LogP contribution in [0.5, 0.6) is 0 Å². The van der Waals surface area contributed by atoms with Crippen molar-refractivity contribution in [3.8, 4) is 33.6 Å². The van der Waals surface area contributed by atoms with Crippen LogP contribution in [0.3, 0.4) is 0 Å². The molecule has 2 amide bonds. The number of benzene rings is 2. The van der Waals surface area contributed by atoms with E-state index in [1.54, 1.807) is 53.6 Å². The van der Waals surface area contributed by atoms with Crippen molar-refractivity contribution >= 4 is 39.7 Å². The van der Waals surface area contributed by atoms with Gasteiger partial charge in [-0.25, -0.2) is 28.7 Å². The van der Waals surface area contributed by atoms with Crippen molar-refractivity contribution < 1.29 is 27.3 Å². The summed E-state index contributed by atoms with van der Waals surface area (Å²) in [7, 11) is 0. The van der Waals surface area contributed by atoms with E-state index < -0.39 is 34.3 Å². The minimum atomic E-state index is -0.613. The smallest absolute Gasteiger partial charge is 0.315 e. The molecule has 9 aromatic rings. The third-order valence-corrected chi connectivity index (χ3v) is 11.7. The number of halogens is 2. The number of aromatic amines is 2. The topological polar surface area (TPSA) is 249 Å². The monoisotopic (exact) mass is 947 g/mol. The highest BCUT2D eigenvalue weighted by atomic mass is 19.1. The summed E-state index contributed by atoms with van der Waals surface area (Å²) in [6.07, 6.45) is 9.70. The van der Waals surface area contributed by atoms with Crippen LogP contribution in [0.2, 0.25) is 0 Å². The highest BCUT2D eigenvalue weighted by molar-refractivity contribution is 5.94. The molecule has 1 aliphatic heterocycles. The molecule has 8 heterocycles. The Balaban J connectivity index is 0.895. The van der Waals surface area contributed by atoms with Gasteiger partial charge in [-0.3, -0.25) is 14.3 Å². The van der Waals surface area contributed by atoms with E-state index in [-0.39, 0.29) is 42.5 Å². The largest absolute Gasteiger partial charge is 0.416 e. The molecule has 1 aliphatic rings. The van der Waals surface area contributed by atoms with E-state index in [0.29, 0.717) is 85.6 Å². The highest BCUT2D eigenvalue weighted by Crippen LogP contribution is 2.35. The van der Waals surface area contributed by atoms with Gasteiger partial charge in [-0.1, -0.05) is 77.0 Å². The lowest BCUT2D eigenvalue weighted by molar-refractivity contribution is 0.0901. The summed E-state index contributed by atoms with van der Waals surface area (Å²) in [6.45, 7) is 12.9. The Labute approximate surface area is 398 Å². The number of H-pyrrole nitrogens is 2. The van der Waals surface area contributed by atoms with Gasteiger partial charge in [0.1, 0.15) is 34.3 Å². The molecule has 2 aromatic carbocycles. The van der Waals surface area contributed by atoms with Crippen molar-refractivity contribution in [2.75, 3.05) is 13.1 Å². The number of hydrogen-bond donors (Lipinski definition) is 5. The van der Waals surface area contributed by atoms with E-state index in [1.165, 1.54) is 12.1 Å². The summed E-state index contributed by atoms with van der Waals surface area (Å²) in [5.41, 5.74) is 6.60. The van der Waals surface area contributed by atoms with Crippen molar-refractivity contribution in [2.45, 2.75) is 78.4 Å². The predicted octanol–water partition coefficient (Wildman–Crippen LogP) is 7.35. The molecule has 0 atom stereocenters. The molecule has 0 unspecified atom stereocenters. The number of aromatic nitrogens is 12. The number of hydrogen-bond acceptors (Lipinski definition) is 14. The number of carbonyl (C=O) groups excluding carboxylic acids is 2. The molecule has 7 aromatic heterocycles. The van der Waals surface area contributed by atoms with Crippen molar-refractivity contribution in [1.82, 2.24) is 76.0 Å². The summed E-state index contributed by atoms with van der Waals surface area (Å²) in [5.74, 6) is -0.809. The molecule has 19 nitrogen and oxygen atoms in total. The average Bonchev–Trinajstić information content (AvgIpc) is 4.20. The standard InChI is InChI=1S/C49H47F2N15O4/c1-48(2,3)46-62-44(70-65-46)42(67)55-19-29-10-8-27(18-34(29)51)35-30(21-54-41-37(35)59-38(60-41)25-11-14-52-15-12-25)23-66-24-31(22-57-66)39-58-36-32(13-16-53-40(36)61-39)26-7-9-28(33(50)17-26)20-56-43(68)45-63-64-47(69-45)49(4,5)6/h7-11,13,16-18,21-22,24,52H,12,14-15,19-20,23H2,1-6H3,(H,55,67)(H,56,68)(H,53,58,61)(H,54,59,60). The van der Waals surface area contributed by atoms with Crippen LogP contribution in [-0.2, 0) is 30.5 Å². The number of pyridine rings is 2. The first kappa shape index (κ1) is 45.5. The molecule has 0 bridgehead atoms. The Bertz CT molecular complexity index is 3500. The summed E-state index contributed by atoms with van der Waals surface area (Å²) in [6, 6.07) is 11.3. The second-order valence-electron chi connectivity index (χ2n) is 19.0. The molecule has 0 spiro atoms. The van der Waals surface area contributed by atoms with Gasteiger partial charge in [-0.15, -0.1) is 10.2 Å². The number of amides is 2. The zero-order valence-corrected chi connectivity index (χ0v) is 39.0. The molecule has 0 saturated carbocycles. The Morgan fingerprint density at radius 3 is 2.14 bits per heavy atom. The number of rotatable bonds is 12.